The molecule has 4 rings (SSSR count). The van der Waals surface area contributed by atoms with Gasteiger partial charge >= 0.3 is 0 Å². The summed E-state index contributed by atoms with van der Waals surface area (Å²) in [5.41, 5.74) is 1.65. The highest BCUT2D eigenvalue weighted by atomic mass is 32.1. The molecule has 0 aliphatic heterocycles. The number of aromatic nitrogens is 5. The number of hydrogen-bond acceptors (Lipinski definition) is 7. The summed E-state index contributed by atoms with van der Waals surface area (Å²) in [5.74, 6) is 2.20. The highest BCUT2D eigenvalue weighted by Gasteiger charge is 2.13. The lowest BCUT2D eigenvalue weighted by molar-refractivity contribution is -0.121. The Morgan fingerprint density at radius 2 is 1.94 bits per heavy atom. The third-order valence-electron chi connectivity index (χ3n) is 5.01. The molecule has 160 valence electrons. The lowest BCUT2D eigenvalue weighted by atomic mass is 10.2. The van der Waals surface area contributed by atoms with Gasteiger partial charge in [-0.05, 0) is 43.7 Å². The molecule has 9 nitrogen and oxygen atoms in total. The Balaban J connectivity index is 1.33. The zero-order valence-electron chi connectivity index (χ0n) is 17.4. The van der Waals surface area contributed by atoms with Crippen molar-refractivity contribution >= 4 is 27.5 Å². The highest BCUT2D eigenvalue weighted by molar-refractivity contribution is 7.18. The van der Waals surface area contributed by atoms with Gasteiger partial charge in [-0.25, -0.2) is 9.97 Å². The monoisotopic (exact) mass is 438 g/mol. The molecule has 0 fully saturated rings. The molecule has 0 saturated carbocycles. The molecule has 1 amide bonds. The summed E-state index contributed by atoms with van der Waals surface area (Å²) in [6, 6.07) is 7.40. The first-order valence-corrected chi connectivity index (χ1v) is 10.6. The van der Waals surface area contributed by atoms with Gasteiger partial charge in [-0.1, -0.05) is 0 Å². The molecular formula is C21H22N6O3S. The molecule has 3 aromatic heterocycles. The number of amides is 1. The molecule has 31 heavy (non-hydrogen) atoms. The van der Waals surface area contributed by atoms with E-state index in [1.54, 1.807) is 7.11 Å². The van der Waals surface area contributed by atoms with E-state index in [-0.39, 0.29) is 24.4 Å². The van der Waals surface area contributed by atoms with Crippen LogP contribution in [0.4, 0.5) is 0 Å². The number of carbonyl (C=O) groups excluding carboxylic acids is 1. The number of aromatic amines is 2. The topological polar surface area (TPSA) is 126 Å². The van der Waals surface area contributed by atoms with Gasteiger partial charge in [0.15, 0.2) is 5.82 Å². The summed E-state index contributed by atoms with van der Waals surface area (Å²) < 4.78 is 5.14. The van der Waals surface area contributed by atoms with E-state index in [0.717, 1.165) is 21.8 Å². The Morgan fingerprint density at radius 3 is 2.68 bits per heavy atom. The van der Waals surface area contributed by atoms with Crippen LogP contribution in [0, 0.1) is 13.8 Å². The van der Waals surface area contributed by atoms with E-state index >= 15 is 0 Å². The van der Waals surface area contributed by atoms with E-state index in [1.807, 2.05) is 38.1 Å². The number of fused-ring (bicyclic) bond motifs is 1. The molecule has 0 spiro atoms. The van der Waals surface area contributed by atoms with Crippen molar-refractivity contribution in [2.24, 2.45) is 0 Å². The maximum absolute atomic E-state index is 12.3. The molecule has 0 radical (unpaired) electrons. The second-order valence-electron chi connectivity index (χ2n) is 7.09. The Bertz CT molecular complexity index is 1290. The fourth-order valence-corrected chi connectivity index (χ4v) is 4.21. The van der Waals surface area contributed by atoms with Gasteiger partial charge in [-0.15, -0.1) is 11.3 Å². The van der Waals surface area contributed by atoms with E-state index in [1.165, 1.54) is 11.3 Å². The van der Waals surface area contributed by atoms with Crippen LogP contribution < -0.4 is 15.6 Å². The summed E-state index contributed by atoms with van der Waals surface area (Å²) >= 11 is 1.49. The van der Waals surface area contributed by atoms with Crippen molar-refractivity contribution in [3.63, 3.8) is 0 Å². The van der Waals surface area contributed by atoms with Crippen molar-refractivity contribution in [2.75, 3.05) is 7.11 Å². The summed E-state index contributed by atoms with van der Waals surface area (Å²) in [6.45, 7) is 4.12. The zero-order chi connectivity index (χ0) is 22.0. The van der Waals surface area contributed by atoms with Crippen LogP contribution in [-0.2, 0) is 17.8 Å². The van der Waals surface area contributed by atoms with Crippen molar-refractivity contribution in [1.82, 2.24) is 30.5 Å². The lowest BCUT2D eigenvalue weighted by Gasteiger charge is -2.03. The van der Waals surface area contributed by atoms with E-state index in [0.29, 0.717) is 34.1 Å². The van der Waals surface area contributed by atoms with Crippen molar-refractivity contribution in [2.45, 2.75) is 33.2 Å². The second kappa shape index (κ2) is 8.68. The summed E-state index contributed by atoms with van der Waals surface area (Å²) in [5, 5.41) is 10.5. The molecule has 0 bridgehead atoms. The number of rotatable bonds is 7. The van der Waals surface area contributed by atoms with Crippen molar-refractivity contribution in [1.29, 1.82) is 0 Å². The molecule has 0 aliphatic rings. The fraction of sp³-hybridized carbons (Fsp3) is 0.286. The first-order chi connectivity index (χ1) is 14.9. The molecule has 0 atom stereocenters. The van der Waals surface area contributed by atoms with Crippen LogP contribution in [0.15, 0.2) is 29.1 Å². The van der Waals surface area contributed by atoms with E-state index < -0.39 is 0 Å². The molecule has 0 unspecified atom stereocenters. The number of nitrogens with one attached hydrogen (secondary N) is 3. The average Bonchev–Trinajstić information content (AvgIpc) is 3.35. The first-order valence-electron chi connectivity index (χ1n) is 9.76. The third-order valence-corrected chi connectivity index (χ3v) is 6.11. The van der Waals surface area contributed by atoms with E-state index in [9.17, 15) is 9.59 Å². The van der Waals surface area contributed by atoms with Crippen LogP contribution in [0.25, 0.3) is 21.6 Å². The summed E-state index contributed by atoms with van der Waals surface area (Å²) in [7, 11) is 1.61. The minimum absolute atomic E-state index is 0.157. The molecular weight excluding hydrogens is 416 g/mol. The number of nitrogens with zero attached hydrogens (tertiary/aromatic N) is 3. The van der Waals surface area contributed by atoms with Crippen molar-refractivity contribution < 1.29 is 9.53 Å². The Hall–Kier alpha value is -3.53. The zero-order valence-corrected chi connectivity index (χ0v) is 18.2. The van der Waals surface area contributed by atoms with Gasteiger partial charge in [-0.2, -0.15) is 5.10 Å². The highest BCUT2D eigenvalue weighted by Crippen LogP contribution is 2.25. The minimum Gasteiger partial charge on any atom is -0.497 e. The average molecular weight is 439 g/mol. The summed E-state index contributed by atoms with van der Waals surface area (Å²) in [6.07, 6.45) is 0.553. The predicted molar refractivity (Wildman–Crippen MR) is 118 cm³/mol. The maximum Gasteiger partial charge on any atom is 0.259 e. The fourth-order valence-electron chi connectivity index (χ4n) is 3.16. The number of hydrogen-bond donors (Lipinski definition) is 3. The molecule has 1 aromatic carbocycles. The van der Waals surface area contributed by atoms with Gasteiger partial charge in [0.05, 0.1) is 19.0 Å². The van der Waals surface area contributed by atoms with Gasteiger partial charge in [-0.3, -0.25) is 14.7 Å². The van der Waals surface area contributed by atoms with Crippen LogP contribution in [0.5, 0.6) is 5.75 Å². The molecule has 0 saturated heterocycles. The molecule has 10 heteroatoms. The lowest BCUT2D eigenvalue weighted by Crippen LogP contribution is -2.24. The van der Waals surface area contributed by atoms with Gasteiger partial charge in [0.1, 0.15) is 22.2 Å². The van der Waals surface area contributed by atoms with Gasteiger partial charge in [0, 0.05) is 23.3 Å². The number of ether oxygens (including phenoxy) is 1. The maximum atomic E-state index is 12.3. The Labute approximate surface area is 181 Å². The van der Waals surface area contributed by atoms with E-state index in [4.69, 9.17) is 4.74 Å². The van der Waals surface area contributed by atoms with Crippen LogP contribution in [-0.4, -0.2) is 38.2 Å². The largest absolute Gasteiger partial charge is 0.497 e. The normalized spacial score (nSPS) is 11.1. The van der Waals surface area contributed by atoms with E-state index in [2.05, 4.69) is 30.5 Å². The van der Waals surface area contributed by atoms with Gasteiger partial charge < -0.3 is 15.0 Å². The minimum atomic E-state index is -0.163. The second-order valence-corrected chi connectivity index (χ2v) is 8.29. The number of thiophene rings is 1. The molecule has 3 N–H and O–H groups in total. The molecule has 0 aliphatic carbocycles. The number of aryl methyl sites for hydroxylation is 3. The Kier molecular flexibility index (Phi) is 5.81. The number of carbonyl (C=O) groups is 1. The van der Waals surface area contributed by atoms with Crippen LogP contribution in [0.2, 0.25) is 0 Å². The van der Waals surface area contributed by atoms with Crippen LogP contribution >= 0.6 is 11.3 Å². The smallest absolute Gasteiger partial charge is 0.259 e. The SMILES string of the molecule is COc1ccc(-c2n[nH]c(CNC(=O)CCc3nc4sc(C)c(C)c4c(=O)[nH]3)n2)cc1. The van der Waals surface area contributed by atoms with Gasteiger partial charge in [0.25, 0.3) is 5.56 Å². The Morgan fingerprint density at radius 1 is 1.16 bits per heavy atom. The third kappa shape index (κ3) is 4.48. The number of methoxy groups -OCH3 is 1. The standard InChI is InChI=1S/C21H22N6O3S/c1-11-12(2)31-21-18(11)20(29)24-15(25-21)8-9-17(28)22-10-16-23-19(27-26-16)13-4-6-14(30-3)7-5-13/h4-7H,8-10H2,1-3H3,(H,22,28)(H,23,26,27)(H,24,25,29). The predicted octanol–water partition coefficient (Wildman–Crippen LogP) is 2.64. The number of benzene rings is 1. The summed E-state index contributed by atoms with van der Waals surface area (Å²) in [4.78, 5) is 38.0. The van der Waals surface area contributed by atoms with Crippen molar-refractivity contribution in [3.8, 4) is 17.1 Å². The van der Waals surface area contributed by atoms with Crippen LogP contribution in [0.3, 0.4) is 0 Å². The first kappa shape index (κ1) is 20.7. The molecule has 4 aromatic rings. The number of H-pyrrole nitrogens is 2. The van der Waals surface area contributed by atoms with Crippen molar-refractivity contribution in [3.05, 3.63) is 56.7 Å². The van der Waals surface area contributed by atoms with Gasteiger partial charge in [0.2, 0.25) is 5.91 Å². The molecule has 3 heterocycles. The quantitative estimate of drug-likeness (QED) is 0.407. The van der Waals surface area contributed by atoms with Crippen LogP contribution in [0.1, 0.15) is 28.5 Å².